The van der Waals surface area contributed by atoms with Crippen LogP contribution >= 0.6 is 0 Å². The lowest BCUT2D eigenvalue weighted by Gasteiger charge is -2.08. The summed E-state index contributed by atoms with van der Waals surface area (Å²) in [5, 5.41) is 27.1. The van der Waals surface area contributed by atoms with Crippen molar-refractivity contribution in [2.45, 2.75) is 6.10 Å². The van der Waals surface area contributed by atoms with Crippen LogP contribution in [0.1, 0.15) is 11.7 Å². The molecule has 0 heterocycles. The summed E-state index contributed by atoms with van der Waals surface area (Å²) in [7, 11) is 0. The summed E-state index contributed by atoms with van der Waals surface area (Å²) in [6.07, 6.45) is -1.38. The van der Waals surface area contributed by atoms with Crippen LogP contribution in [0.5, 0.6) is 11.5 Å². The number of rotatable bonds is 2. The largest absolute Gasteiger partial charge is 0.504 e. The molecular weight excluding hydrogens is 163 g/mol. The Morgan fingerprint density at radius 1 is 1.33 bits per heavy atom. The molecule has 0 aliphatic rings. The van der Waals surface area contributed by atoms with E-state index in [1.54, 1.807) is 0 Å². The summed E-state index contributed by atoms with van der Waals surface area (Å²) in [6, 6.07) is 4.02. The quantitative estimate of drug-likeness (QED) is 0.585. The monoisotopic (exact) mass is 172 g/mol. The molecule has 1 atom stereocenters. The van der Waals surface area contributed by atoms with Crippen LogP contribution in [0.15, 0.2) is 18.2 Å². The SMILES string of the molecule is Oc1cccc(C(O)CF)c1O. The van der Waals surface area contributed by atoms with Crippen LogP contribution in [0, 0.1) is 0 Å². The Hall–Kier alpha value is -1.29. The molecular formula is C8H9FO3. The predicted octanol–water partition coefficient (Wildman–Crippen LogP) is 1.10. The molecule has 0 bridgehead atoms. The van der Waals surface area contributed by atoms with Crippen molar-refractivity contribution < 1.29 is 19.7 Å². The van der Waals surface area contributed by atoms with Crippen LogP contribution in [0.3, 0.4) is 0 Å². The van der Waals surface area contributed by atoms with E-state index >= 15 is 0 Å². The lowest BCUT2D eigenvalue weighted by Crippen LogP contribution is -1.99. The van der Waals surface area contributed by atoms with Crippen molar-refractivity contribution in [3.05, 3.63) is 23.8 Å². The molecule has 0 amide bonds. The standard InChI is InChI=1S/C8H9FO3/c9-4-7(11)5-2-1-3-6(10)8(5)12/h1-3,7,10-12H,4H2. The van der Waals surface area contributed by atoms with Crippen molar-refractivity contribution in [2.75, 3.05) is 6.67 Å². The molecule has 1 aromatic carbocycles. The molecule has 0 saturated heterocycles. The lowest BCUT2D eigenvalue weighted by atomic mass is 10.1. The van der Waals surface area contributed by atoms with E-state index in [-0.39, 0.29) is 11.3 Å². The van der Waals surface area contributed by atoms with E-state index in [1.165, 1.54) is 18.2 Å². The van der Waals surface area contributed by atoms with Crippen molar-refractivity contribution in [3.63, 3.8) is 0 Å². The van der Waals surface area contributed by atoms with Gasteiger partial charge in [0.1, 0.15) is 12.8 Å². The summed E-state index contributed by atoms with van der Waals surface area (Å²) in [4.78, 5) is 0. The van der Waals surface area contributed by atoms with E-state index < -0.39 is 18.5 Å². The maximum absolute atomic E-state index is 11.9. The minimum absolute atomic E-state index is 0.00231. The van der Waals surface area contributed by atoms with Gasteiger partial charge < -0.3 is 15.3 Å². The van der Waals surface area contributed by atoms with Gasteiger partial charge in [-0.25, -0.2) is 4.39 Å². The fraction of sp³-hybridized carbons (Fsp3) is 0.250. The van der Waals surface area contributed by atoms with Crippen molar-refractivity contribution in [1.82, 2.24) is 0 Å². The first-order valence-electron chi connectivity index (χ1n) is 3.41. The number of alkyl halides is 1. The van der Waals surface area contributed by atoms with Crippen molar-refractivity contribution in [2.24, 2.45) is 0 Å². The van der Waals surface area contributed by atoms with Crippen LogP contribution in [-0.2, 0) is 0 Å². The van der Waals surface area contributed by atoms with E-state index in [2.05, 4.69) is 0 Å². The Kier molecular flexibility index (Phi) is 2.50. The van der Waals surface area contributed by atoms with Crippen LogP contribution in [-0.4, -0.2) is 22.0 Å². The molecule has 0 fully saturated rings. The number of hydrogen-bond donors (Lipinski definition) is 3. The number of phenols is 2. The number of phenolic OH excluding ortho intramolecular Hbond substituents is 2. The zero-order chi connectivity index (χ0) is 9.14. The second-order valence-corrected chi connectivity index (χ2v) is 2.39. The highest BCUT2D eigenvalue weighted by molar-refractivity contribution is 5.45. The number of aliphatic hydroxyl groups excluding tert-OH is 1. The number of halogens is 1. The fourth-order valence-electron chi connectivity index (χ4n) is 0.901. The number of benzene rings is 1. The van der Waals surface area contributed by atoms with E-state index in [9.17, 15) is 4.39 Å². The normalized spacial score (nSPS) is 12.8. The Balaban J connectivity index is 3.07. The van der Waals surface area contributed by atoms with Crippen molar-refractivity contribution in [3.8, 4) is 11.5 Å². The zero-order valence-corrected chi connectivity index (χ0v) is 6.24. The van der Waals surface area contributed by atoms with Crippen molar-refractivity contribution >= 4 is 0 Å². The lowest BCUT2D eigenvalue weighted by molar-refractivity contribution is 0.138. The molecule has 4 heteroatoms. The second kappa shape index (κ2) is 3.40. The molecule has 1 unspecified atom stereocenters. The van der Waals surface area contributed by atoms with Gasteiger partial charge in [-0.05, 0) is 6.07 Å². The molecule has 0 aliphatic heterocycles. The highest BCUT2D eigenvalue weighted by Crippen LogP contribution is 2.32. The fourth-order valence-corrected chi connectivity index (χ4v) is 0.901. The van der Waals surface area contributed by atoms with E-state index in [4.69, 9.17) is 15.3 Å². The summed E-state index contributed by atoms with van der Waals surface area (Å²) < 4.78 is 11.9. The third kappa shape index (κ3) is 1.48. The highest BCUT2D eigenvalue weighted by Gasteiger charge is 2.13. The van der Waals surface area contributed by atoms with E-state index in [0.717, 1.165) is 0 Å². The molecule has 12 heavy (non-hydrogen) atoms. The highest BCUT2D eigenvalue weighted by atomic mass is 19.1. The van der Waals surface area contributed by atoms with Gasteiger partial charge in [-0.2, -0.15) is 0 Å². The molecule has 0 saturated carbocycles. The van der Waals surface area contributed by atoms with Gasteiger partial charge in [0.15, 0.2) is 11.5 Å². The summed E-state index contributed by atoms with van der Waals surface area (Å²) in [6.45, 7) is -0.989. The van der Waals surface area contributed by atoms with Crippen LogP contribution in [0.25, 0.3) is 0 Å². The molecule has 0 aliphatic carbocycles. The van der Waals surface area contributed by atoms with Gasteiger partial charge in [0.25, 0.3) is 0 Å². The van der Waals surface area contributed by atoms with E-state index in [1.807, 2.05) is 0 Å². The topological polar surface area (TPSA) is 60.7 Å². The molecule has 0 spiro atoms. The maximum Gasteiger partial charge on any atom is 0.163 e. The Morgan fingerprint density at radius 3 is 2.58 bits per heavy atom. The van der Waals surface area contributed by atoms with Crippen LogP contribution in [0.2, 0.25) is 0 Å². The number of aliphatic hydroxyl groups is 1. The maximum atomic E-state index is 11.9. The van der Waals surface area contributed by atoms with Gasteiger partial charge in [0, 0.05) is 5.56 Å². The van der Waals surface area contributed by atoms with Gasteiger partial charge in [0.05, 0.1) is 0 Å². The second-order valence-electron chi connectivity index (χ2n) is 2.39. The van der Waals surface area contributed by atoms with Gasteiger partial charge in [-0.15, -0.1) is 0 Å². The summed E-state index contributed by atoms with van der Waals surface area (Å²) >= 11 is 0. The Labute approximate surface area is 68.7 Å². The average Bonchev–Trinajstić information content (AvgIpc) is 2.08. The minimum Gasteiger partial charge on any atom is -0.504 e. The first kappa shape index (κ1) is 8.80. The summed E-state index contributed by atoms with van der Waals surface area (Å²) in [5.74, 6) is -0.831. The van der Waals surface area contributed by atoms with Gasteiger partial charge >= 0.3 is 0 Å². The third-order valence-electron chi connectivity index (χ3n) is 1.55. The number of aromatic hydroxyl groups is 2. The van der Waals surface area contributed by atoms with Gasteiger partial charge in [-0.3, -0.25) is 0 Å². The molecule has 0 radical (unpaired) electrons. The molecule has 1 aromatic rings. The van der Waals surface area contributed by atoms with Crippen LogP contribution < -0.4 is 0 Å². The van der Waals surface area contributed by atoms with Crippen LogP contribution in [0.4, 0.5) is 4.39 Å². The summed E-state index contributed by atoms with van der Waals surface area (Å²) in [5.41, 5.74) is -0.00231. The van der Waals surface area contributed by atoms with Crippen molar-refractivity contribution in [1.29, 1.82) is 0 Å². The number of para-hydroxylation sites is 1. The first-order chi connectivity index (χ1) is 5.66. The van der Waals surface area contributed by atoms with E-state index in [0.29, 0.717) is 0 Å². The first-order valence-corrected chi connectivity index (χ1v) is 3.41. The third-order valence-corrected chi connectivity index (χ3v) is 1.55. The molecule has 0 aromatic heterocycles. The average molecular weight is 172 g/mol. The molecule has 1 rings (SSSR count). The molecule has 3 nitrogen and oxygen atoms in total. The Morgan fingerprint density at radius 2 is 2.00 bits per heavy atom. The smallest absolute Gasteiger partial charge is 0.163 e. The van der Waals surface area contributed by atoms with Gasteiger partial charge in [0.2, 0.25) is 0 Å². The zero-order valence-electron chi connectivity index (χ0n) is 6.24. The predicted molar refractivity (Wildman–Crippen MR) is 40.7 cm³/mol. The Bertz CT molecular complexity index is 275. The minimum atomic E-state index is -1.38. The molecule has 66 valence electrons. The molecule has 3 N–H and O–H groups in total. The number of hydrogen-bond acceptors (Lipinski definition) is 3. The van der Waals surface area contributed by atoms with Gasteiger partial charge in [-0.1, -0.05) is 12.1 Å².